The molecule has 124 valence electrons. The number of hydrogen-bond donors (Lipinski definition) is 0. The van der Waals surface area contributed by atoms with E-state index in [1.807, 2.05) is 48.5 Å². The van der Waals surface area contributed by atoms with Gasteiger partial charge in [0.25, 0.3) is 5.91 Å². The van der Waals surface area contributed by atoms with E-state index >= 15 is 0 Å². The van der Waals surface area contributed by atoms with Crippen LogP contribution in [0.25, 0.3) is 6.08 Å². The Hall–Kier alpha value is -2.75. The van der Waals surface area contributed by atoms with Gasteiger partial charge in [0, 0.05) is 0 Å². The second-order valence-electron chi connectivity index (χ2n) is 5.94. The number of hydrogen-bond acceptors (Lipinski definition) is 3. The Labute approximate surface area is 142 Å². The van der Waals surface area contributed by atoms with E-state index in [9.17, 15) is 4.79 Å². The van der Waals surface area contributed by atoms with E-state index in [1.165, 1.54) is 5.57 Å². The molecule has 1 amide bonds. The van der Waals surface area contributed by atoms with E-state index in [0.29, 0.717) is 13.2 Å². The van der Waals surface area contributed by atoms with Crippen LogP contribution in [0.15, 0.2) is 54.1 Å². The molecule has 4 nitrogen and oxygen atoms in total. The van der Waals surface area contributed by atoms with E-state index in [-0.39, 0.29) is 12.5 Å². The number of carbonyl (C=O) groups excluding carboxylic acids is 1. The third-order valence-electron chi connectivity index (χ3n) is 3.73. The van der Waals surface area contributed by atoms with Gasteiger partial charge in [-0.2, -0.15) is 0 Å². The Bertz CT molecular complexity index is 746. The molecule has 0 radical (unpaired) electrons. The maximum atomic E-state index is 12.1. The number of para-hydroxylation sites is 2. The van der Waals surface area contributed by atoms with E-state index in [0.717, 1.165) is 22.7 Å². The predicted octanol–water partition coefficient (Wildman–Crippen LogP) is 3.91. The molecule has 3 rings (SSSR count). The summed E-state index contributed by atoms with van der Waals surface area (Å²) in [5, 5.41) is 0. The van der Waals surface area contributed by atoms with E-state index in [2.05, 4.69) is 19.9 Å². The Kier molecular flexibility index (Phi) is 4.85. The van der Waals surface area contributed by atoms with Crippen molar-refractivity contribution in [1.82, 2.24) is 0 Å². The highest BCUT2D eigenvalue weighted by Gasteiger charge is 2.24. The molecule has 0 saturated heterocycles. The van der Waals surface area contributed by atoms with E-state index < -0.39 is 0 Å². The van der Waals surface area contributed by atoms with Crippen molar-refractivity contribution in [2.24, 2.45) is 0 Å². The first-order valence-electron chi connectivity index (χ1n) is 8.03. The fourth-order valence-corrected chi connectivity index (χ4v) is 2.65. The number of allylic oxidation sites excluding steroid dienone is 1. The van der Waals surface area contributed by atoms with Gasteiger partial charge < -0.3 is 14.4 Å². The van der Waals surface area contributed by atoms with Crippen molar-refractivity contribution in [2.75, 3.05) is 24.7 Å². The molecule has 0 fully saturated rings. The lowest BCUT2D eigenvalue weighted by atomic mass is 10.1. The monoisotopic (exact) mass is 323 g/mol. The molecule has 0 saturated carbocycles. The van der Waals surface area contributed by atoms with Crippen LogP contribution >= 0.6 is 0 Å². The van der Waals surface area contributed by atoms with Gasteiger partial charge in [-0.05, 0) is 43.7 Å². The summed E-state index contributed by atoms with van der Waals surface area (Å²) in [6.45, 7) is 5.15. The summed E-state index contributed by atoms with van der Waals surface area (Å²) in [4.78, 5) is 13.8. The molecule has 0 atom stereocenters. The summed E-state index contributed by atoms with van der Waals surface area (Å²) in [5.41, 5.74) is 3.21. The molecular formula is C20H21NO3. The highest BCUT2D eigenvalue weighted by atomic mass is 16.5. The van der Waals surface area contributed by atoms with Gasteiger partial charge in [-0.15, -0.1) is 0 Å². The summed E-state index contributed by atoms with van der Waals surface area (Å²) in [6, 6.07) is 15.5. The van der Waals surface area contributed by atoms with Crippen molar-refractivity contribution < 1.29 is 14.3 Å². The van der Waals surface area contributed by atoms with Crippen LogP contribution in [0.5, 0.6) is 11.5 Å². The SMILES string of the molecule is CC(C)=Cc1ccc(OCCN2C(=O)COc3ccccc32)cc1. The molecule has 1 heterocycles. The number of ether oxygens (including phenoxy) is 2. The largest absolute Gasteiger partial charge is 0.492 e. The number of benzene rings is 2. The van der Waals surface area contributed by atoms with Crippen LogP contribution in [-0.2, 0) is 4.79 Å². The Morgan fingerprint density at radius 3 is 2.67 bits per heavy atom. The molecule has 0 spiro atoms. The Balaban J connectivity index is 1.60. The molecule has 0 bridgehead atoms. The molecule has 4 heteroatoms. The third kappa shape index (κ3) is 3.77. The second-order valence-corrected chi connectivity index (χ2v) is 5.94. The van der Waals surface area contributed by atoms with Crippen LogP contribution in [0.4, 0.5) is 5.69 Å². The van der Waals surface area contributed by atoms with E-state index in [4.69, 9.17) is 9.47 Å². The standard InChI is InChI=1S/C20H21NO3/c1-15(2)13-16-7-9-17(10-8-16)23-12-11-21-18-5-3-4-6-19(18)24-14-20(21)22/h3-10,13H,11-12,14H2,1-2H3. The van der Waals surface area contributed by atoms with Crippen molar-refractivity contribution in [1.29, 1.82) is 0 Å². The van der Waals surface area contributed by atoms with Gasteiger partial charge in [0.2, 0.25) is 0 Å². The minimum absolute atomic E-state index is 0.0452. The number of carbonyl (C=O) groups is 1. The van der Waals surface area contributed by atoms with Crippen molar-refractivity contribution in [3.05, 3.63) is 59.7 Å². The average molecular weight is 323 g/mol. The zero-order chi connectivity index (χ0) is 16.9. The van der Waals surface area contributed by atoms with Gasteiger partial charge in [0.15, 0.2) is 6.61 Å². The molecule has 2 aromatic carbocycles. The topological polar surface area (TPSA) is 38.8 Å². The molecule has 0 aromatic heterocycles. The van der Waals surface area contributed by atoms with Crippen molar-refractivity contribution in [3.8, 4) is 11.5 Å². The lowest BCUT2D eigenvalue weighted by Crippen LogP contribution is -2.41. The highest BCUT2D eigenvalue weighted by molar-refractivity contribution is 5.97. The van der Waals surface area contributed by atoms with Gasteiger partial charge >= 0.3 is 0 Å². The number of fused-ring (bicyclic) bond motifs is 1. The number of nitrogens with zero attached hydrogens (tertiary/aromatic N) is 1. The van der Waals surface area contributed by atoms with Crippen LogP contribution in [0.1, 0.15) is 19.4 Å². The minimum atomic E-state index is -0.0452. The molecule has 0 aliphatic carbocycles. The first-order valence-corrected chi connectivity index (χ1v) is 8.03. The molecule has 1 aliphatic rings. The summed E-state index contributed by atoms with van der Waals surface area (Å²) in [6.07, 6.45) is 2.12. The maximum absolute atomic E-state index is 12.1. The normalized spacial score (nSPS) is 13.1. The maximum Gasteiger partial charge on any atom is 0.265 e. The van der Waals surface area contributed by atoms with Crippen LogP contribution in [0, 0.1) is 0 Å². The molecular weight excluding hydrogens is 302 g/mol. The molecule has 0 unspecified atom stereocenters. The molecule has 24 heavy (non-hydrogen) atoms. The highest BCUT2D eigenvalue weighted by Crippen LogP contribution is 2.31. The number of amides is 1. The van der Waals surface area contributed by atoms with E-state index in [1.54, 1.807) is 4.90 Å². The summed E-state index contributed by atoms with van der Waals surface area (Å²) >= 11 is 0. The van der Waals surface area contributed by atoms with Gasteiger partial charge in [-0.25, -0.2) is 0 Å². The first kappa shape index (κ1) is 16.1. The average Bonchev–Trinajstić information content (AvgIpc) is 2.58. The fourth-order valence-electron chi connectivity index (χ4n) is 2.65. The lowest BCUT2D eigenvalue weighted by Gasteiger charge is -2.29. The van der Waals surface area contributed by atoms with Crippen molar-refractivity contribution in [3.63, 3.8) is 0 Å². The summed E-state index contributed by atoms with van der Waals surface area (Å²) < 4.78 is 11.2. The van der Waals surface area contributed by atoms with Crippen molar-refractivity contribution >= 4 is 17.7 Å². The summed E-state index contributed by atoms with van der Waals surface area (Å²) in [5.74, 6) is 1.49. The van der Waals surface area contributed by atoms with Crippen molar-refractivity contribution in [2.45, 2.75) is 13.8 Å². The van der Waals surface area contributed by atoms with Crippen LogP contribution in [0.3, 0.4) is 0 Å². The summed E-state index contributed by atoms with van der Waals surface area (Å²) in [7, 11) is 0. The number of anilines is 1. The lowest BCUT2D eigenvalue weighted by molar-refractivity contribution is -0.121. The van der Waals surface area contributed by atoms with Gasteiger partial charge in [-0.3, -0.25) is 4.79 Å². The molecule has 1 aliphatic heterocycles. The quantitative estimate of drug-likeness (QED) is 0.837. The zero-order valence-electron chi connectivity index (χ0n) is 14.0. The molecule has 0 N–H and O–H groups in total. The fraction of sp³-hybridized carbons (Fsp3) is 0.250. The number of rotatable bonds is 5. The van der Waals surface area contributed by atoms with Crippen LogP contribution < -0.4 is 14.4 Å². The van der Waals surface area contributed by atoms with Gasteiger partial charge in [0.1, 0.15) is 18.1 Å². The Morgan fingerprint density at radius 2 is 1.92 bits per heavy atom. The van der Waals surface area contributed by atoms with Crippen LogP contribution in [0.2, 0.25) is 0 Å². The van der Waals surface area contributed by atoms with Gasteiger partial charge in [-0.1, -0.05) is 35.9 Å². The molecule has 2 aromatic rings. The predicted molar refractivity (Wildman–Crippen MR) is 95.6 cm³/mol. The van der Waals surface area contributed by atoms with Crippen LogP contribution in [-0.4, -0.2) is 25.7 Å². The second kappa shape index (κ2) is 7.21. The zero-order valence-corrected chi connectivity index (χ0v) is 14.0. The third-order valence-corrected chi connectivity index (χ3v) is 3.73. The first-order chi connectivity index (χ1) is 11.6. The van der Waals surface area contributed by atoms with Gasteiger partial charge in [0.05, 0.1) is 12.2 Å². The minimum Gasteiger partial charge on any atom is -0.492 e. The smallest absolute Gasteiger partial charge is 0.265 e. The Morgan fingerprint density at radius 1 is 1.17 bits per heavy atom.